The SMILES string of the molecule is CC(C(=O)c1ccc(F)cc1F)c1ncccn1. The lowest BCUT2D eigenvalue weighted by Crippen LogP contribution is -2.14. The Hall–Kier alpha value is -2.17. The second-order valence-electron chi connectivity index (χ2n) is 3.82. The number of aromatic nitrogens is 2. The van der Waals surface area contributed by atoms with Gasteiger partial charge in [0.2, 0.25) is 0 Å². The Labute approximate surface area is 103 Å². The Morgan fingerprint density at radius 3 is 2.50 bits per heavy atom. The second-order valence-corrected chi connectivity index (χ2v) is 3.82. The topological polar surface area (TPSA) is 42.9 Å². The Balaban J connectivity index is 2.32. The molecule has 1 unspecified atom stereocenters. The molecule has 0 radical (unpaired) electrons. The highest BCUT2D eigenvalue weighted by Crippen LogP contribution is 2.19. The predicted octanol–water partition coefficient (Wildman–Crippen LogP) is 2.74. The van der Waals surface area contributed by atoms with Gasteiger partial charge in [0.1, 0.15) is 17.5 Å². The van der Waals surface area contributed by atoms with Crippen LogP contribution in [0.15, 0.2) is 36.7 Å². The van der Waals surface area contributed by atoms with Crippen molar-refractivity contribution < 1.29 is 13.6 Å². The summed E-state index contributed by atoms with van der Waals surface area (Å²) in [6.07, 6.45) is 3.01. The molecule has 5 heteroatoms. The quantitative estimate of drug-likeness (QED) is 0.784. The molecule has 0 amide bonds. The van der Waals surface area contributed by atoms with Crippen LogP contribution < -0.4 is 0 Å². The Bertz CT molecular complexity index is 572. The normalized spacial score (nSPS) is 12.2. The number of ketones is 1. The summed E-state index contributed by atoms with van der Waals surface area (Å²) in [5.74, 6) is -2.42. The van der Waals surface area contributed by atoms with E-state index in [9.17, 15) is 13.6 Å². The maximum atomic E-state index is 13.5. The fourth-order valence-corrected chi connectivity index (χ4v) is 1.57. The average Bonchev–Trinajstić information content (AvgIpc) is 2.38. The number of carbonyl (C=O) groups is 1. The van der Waals surface area contributed by atoms with E-state index in [0.29, 0.717) is 11.9 Å². The molecule has 1 aromatic heterocycles. The molecule has 0 fully saturated rings. The first-order valence-electron chi connectivity index (χ1n) is 5.36. The van der Waals surface area contributed by atoms with Gasteiger partial charge in [-0.1, -0.05) is 0 Å². The van der Waals surface area contributed by atoms with Crippen molar-refractivity contribution in [3.63, 3.8) is 0 Å². The Kier molecular flexibility index (Phi) is 3.41. The van der Waals surface area contributed by atoms with Crippen molar-refractivity contribution in [2.75, 3.05) is 0 Å². The molecule has 1 aromatic carbocycles. The van der Waals surface area contributed by atoms with Gasteiger partial charge in [-0.3, -0.25) is 4.79 Å². The van der Waals surface area contributed by atoms with E-state index in [1.54, 1.807) is 13.0 Å². The lowest BCUT2D eigenvalue weighted by molar-refractivity contribution is 0.0959. The summed E-state index contributed by atoms with van der Waals surface area (Å²) in [5.41, 5.74) is -0.156. The van der Waals surface area contributed by atoms with E-state index in [2.05, 4.69) is 9.97 Å². The largest absolute Gasteiger partial charge is 0.293 e. The van der Waals surface area contributed by atoms with E-state index in [1.165, 1.54) is 12.4 Å². The molecule has 0 spiro atoms. The van der Waals surface area contributed by atoms with E-state index in [-0.39, 0.29) is 5.56 Å². The van der Waals surface area contributed by atoms with Crippen molar-refractivity contribution in [3.8, 4) is 0 Å². The van der Waals surface area contributed by atoms with Crippen molar-refractivity contribution in [2.45, 2.75) is 12.8 Å². The third kappa shape index (κ3) is 2.40. The number of benzene rings is 1. The van der Waals surface area contributed by atoms with Crippen molar-refractivity contribution in [1.82, 2.24) is 9.97 Å². The molecular formula is C13H10F2N2O. The van der Waals surface area contributed by atoms with Gasteiger partial charge in [0.05, 0.1) is 11.5 Å². The summed E-state index contributed by atoms with van der Waals surface area (Å²) < 4.78 is 26.2. The molecule has 92 valence electrons. The summed E-state index contributed by atoms with van der Waals surface area (Å²) in [5, 5.41) is 0. The fraction of sp³-hybridized carbons (Fsp3) is 0.154. The van der Waals surface area contributed by atoms with Crippen LogP contribution in [-0.2, 0) is 0 Å². The van der Waals surface area contributed by atoms with Gasteiger partial charge in [-0.2, -0.15) is 0 Å². The first-order chi connectivity index (χ1) is 8.59. The zero-order chi connectivity index (χ0) is 13.1. The van der Waals surface area contributed by atoms with Gasteiger partial charge in [-0.15, -0.1) is 0 Å². The molecule has 18 heavy (non-hydrogen) atoms. The van der Waals surface area contributed by atoms with Crippen LogP contribution in [0.4, 0.5) is 8.78 Å². The number of hydrogen-bond donors (Lipinski definition) is 0. The van der Waals surface area contributed by atoms with Crippen LogP contribution in [0.3, 0.4) is 0 Å². The van der Waals surface area contributed by atoms with Crippen molar-refractivity contribution in [3.05, 3.63) is 59.7 Å². The molecule has 0 aliphatic carbocycles. The van der Waals surface area contributed by atoms with Crippen LogP contribution >= 0.6 is 0 Å². The zero-order valence-electron chi connectivity index (χ0n) is 9.60. The molecule has 0 bridgehead atoms. The van der Waals surface area contributed by atoms with E-state index < -0.39 is 23.3 Å². The third-order valence-electron chi connectivity index (χ3n) is 2.56. The van der Waals surface area contributed by atoms with Gasteiger partial charge >= 0.3 is 0 Å². The highest BCUT2D eigenvalue weighted by Gasteiger charge is 2.22. The number of hydrogen-bond acceptors (Lipinski definition) is 3. The van der Waals surface area contributed by atoms with E-state index in [1.807, 2.05) is 0 Å². The van der Waals surface area contributed by atoms with Crippen molar-refractivity contribution in [1.29, 1.82) is 0 Å². The van der Waals surface area contributed by atoms with Crippen molar-refractivity contribution in [2.24, 2.45) is 0 Å². The Morgan fingerprint density at radius 1 is 1.22 bits per heavy atom. The molecular weight excluding hydrogens is 238 g/mol. The molecule has 0 saturated heterocycles. The lowest BCUT2D eigenvalue weighted by Gasteiger charge is -2.09. The summed E-state index contributed by atoms with van der Waals surface area (Å²) in [6.45, 7) is 1.58. The first kappa shape index (κ1) is 12.3. The fourth-order valence-electron chi connectivity index (χ4n) is 1.57. The minimum absolute atomic E-state index is 0.156. The van der Waals surface area contributed by atoms with Crippen molar-refractivity contribution >= 4 is 5.78 Å². The molecule has 3 nitrogen and oxygen atoms in total. The smallest absolute Gasteiger partial charge is 0.176 e. The van der Waals surface area contributed by atoms with Gasteiger partial charge in [-0.05, 0) is 25.1 Å². The zero-order valence-corrected chi connectivity index (χ0v) is 9.60. The predicted molar refractivity (Wildman–Crippen MR) is 61.1 cm³/mol. The molecule has 1 heterocycles. The number of rotatable bonds is 3. The van der Waals surface area contributed by atoms with Gasteiger partial charge < -0.3 is 0 Å². The molecule has 0 aliphatic heterocycles. The number of Topliss-reactive ketones (excluding diaryl/α,β-unsaturated/α-hetero) is 1. The molecule has 0 aliphatic rings. The van der Waals surface area contributed by atoms with Crippen LogP contribution in [-0.4, -0.2) is 15.8 Å². The maximum absolute atomic E-state index is 13.5. The van der Waals surface area contributed by atoms with Gasteiger partial charge in [-0.25, -0.2) is 18.7 Å². The van der Waals surface area contributed by atoms with Gasteiger partial charge in [0, 0.05) is 18.5 Å². The van der Waals surface area contributed by atoms with Crippen LogP contribution in [0.25, 0.3) is 0 Å². The van der Waals surface area contributed by atoms with E-state index in [0.717, 1.165) is 12.1 Å². The minimum Gasteiger partial charge on any atom is -0.293 e. The van der Waals surface area contributed by atoms with Crippen LogP contribution in [0, 0.1) is 11.6 Å². The average molecular weight is 248 g/mol. The molecule has 0 saturated carbocycles. The maximum Gasteiger partial charge on any atom is 0.176 e. The monoisotopic (exact) mass is 248 g/mol. The number of nitrogens with zero attached hydrogens (tertiary/aromatic N) is 2. The van der Waals surface area contributed by atoms with Gasteiger partial charge in [0.15, 0.2) is 5.78 Å². The summed E-state index contributed by atoms with van der Waals surface area (Å²) in [4.78, 5) is 19.9. The van der Waals surface area contributed by atoms with Crippen LogP contribution in [0.5, 0.6) is 0 Å². The summed E-state index contributed by atoms with van der Waals surface area (Å²) in [7, 11) is 0. The lowest BCUT2D eigenvalue weighted by atomic mass is 9.98. The summed E-state index contributed by atoms with van der Waals surface area (Å²) >= 11 is 0. The van der Waals surface area contributed by atoms with E-state index in [4.69, 9.17) is 0 Å². The minimum atomic E-state index is -0.872. The summed E-state index contributed by atoms with van der Waals surface area (Å²) in [6, 6.07) is 4.49. The molecule has 2 aromatic rings. The van der Waals surface area contributed by atoms with Gasteiger partial charge in [0.25, 0.3) is 0 Å². The number of carbonyl (C=O) groups excluding carboxylic acids is 1. The highest BCUT2D eigenvalue weighted by molar-refractivity contribution is 6.00. The number of halogens is 2. The third-order valence-corrected chi connectivity index (χ3v) is 2.56. The Morgan fingerprint density at radius 2 is 1.89 bits per heavy atom. The first-order valence-corrected chi connectivity index (χ1v) is 5.36. The van der Waals surface area contributed by atoms with Crippen LogP contribution in [0.1, 0.15) is 29.0 Å². The highest BCUT2D eigenvalue weighted by atomic mass is 19.1. The second kappa shape index (κ2) is 5.00. The molecule has 2 rings (SSSR count). The van der Waals surface area contributed by atoms with Crippen LogP contribution in [0.2, 0.25) is 0 Å². The standard InChI is InChI=1S/C13H10F2N2O/c1-8(13-16-5-2-6-17-13)12(18)10-4-3-9(14)7-11(10)15/h2-8H,1H3. The van der Waals surface area contributed by atoms with E-state index >= 15 is 0 Å². The molecule has 0 N–H and O–H groups in total. The molecule has 1 atom stereocenters.